The molecule has 0 bridgehead atoms. The maximum Gasteiger partial charge on any atom is 0.269 e. The average molecular weight is 277 g/mol. The van der Waals surface area contributed by atoms with Gasteiger partial charge in [0.05, 0.1) is 0 Å². The second kappa shape index (κ2) is 7.24. The Morgan fingerprint density at radius 1 is 1.55 bits per heavy atom. The number of aliphatic hydroxyl groups is 1. The van der Waals surface area contributed by atoms with E-state index in [1.807, 2.05) is 19.1 Å². The van der Waals surface area contributed by atoms with Gasteiger partial charge in [-0.2, -0.15) is 0 Å². The number of nitrogens with one attached hydrogen (secondary N) is 1. The predicted octanol–water partition coefficient (Wildman–Crippen LogP) is 1.57. The van der Waals surface area contributed by atoms with Crippen molar-refractivity contribution in [1.82, 2.24) is 10.3 Å². The molecule has 1 aliphatic rings. The topological polar surface area (TPSA) is 65.5 Å². The first-order chi connectivity index (χ1) is 9.76. The van der Waals surface area contributed by atoms with Crippen molar-refractivity contribution in [2.24, 2.45) is 0 Å². The molecule has 1 atom stereocenters. The lowest BCUT2D eigenvalue weighted by molar-refractivity contribution is 0.0951. The van der Waals surface area contributed by atoms with Crippen LogP contribution in [0.5, 0.6) is 0 Å². The molecular weight excluding hydrogens is 254 g/mol. The van der Waals surface area contributed by atoms with Crippen LogP contribution in [-0.2, 0) is 0 Å². The fraction of sp³-hybridized carbons (Fsp3) is 0.600. The number of carbonyl (C=O) groups is 1. The number of amides is 1. The van der Waals surface area contributed by atoms with Gasteiger partial charge in [-0.3, -0.25) is 9.78 Å². The van der Waals surface area contributed by atoms with E-state index in [9.17, 15) is 9.90 Å². The summed E-state index contributed by atoms with van der Waals surface area (Å²) in [4.78, 5) is 18.3. The van der Waals surface area contributed by atoms with Crippen LogP contribution in [0.2, 0.25) is 0 Å². The Balaban J connectivity index is 2.18. The molecule has 1 amide bonds. The summed E-state index contributed by atoms with van der Waals surface area (Å²) in [6.07, 6.45) is 5.92. The summed E-state index contributed by atoms with van der Waals surface area (Å²) in [6.45, 7) is 3.67. The van der Waals surface area contributed by atoms with Crippen LogP contribution in [0, 0.1) is 0 Å². The number of aromatic nitrogens is 1. The van der Waals surface area contributed by atoms with E-state index in [2.05, 4.69) is 15.2 Å². The third-order valence-electron chi connectivity index (χ3n) is 3.73. The van der Waals surface area contributed by atoms with Crippen molar-refractivity contribution >= 4 is 11.6 Å². The summed E-state index contributed by atoms with van der Waals surface area (Å²) >= 11 is 0. The highest BCUT2D eigenvalue weighted by molar-refractivity contribution is 5.93. The second-order valence-corrected chi connectivity index (χ2v) is 5.11. The van der Waals surface area contributed by atoms with Crippen LogP contribution in [0.25, 0.3) is 0 Å². The summed E-state index contributed by atoms with van der Waals surface area (Å²) in [7, 11) is 0. The van der Waals surface area contributed by atoms with Crippen molar-refractivity contribution < 1.29 is 9.90 Å². The van der Waals surface area contributed by atoms with Crippen LogP contribution in [0.3, 0.4) is 0 Å². The molecule has 0 aliphatic carbocycles. The van der Waals surface area contributed by atoms with Crippen LogP contribution >= 0.6 is 0 Å². The zero-order chi connectivity index (χ0) is 14.4. The van der Waals surface area contributed by atoms with Crippen LogP contribution in [-0.4, -0.2) is 41.7 Å². The highest BCUT2D eigenvalue weighted by Gasteiger charge is 2.22. The Bertz CT molecular complexity index is 448. The Hall–Kier alpha value is -1.62. The first-order valence-corrected chi connectivity index (χ1v) is 7.38. The fourth-order valence-electron chi connectivity index (χ4n) is 2.76. The standard InChI is InChI=1S/C15H23N3O2/c1-2-16-15(20)14-11-13(6-8-17-14)18-9-4-3-5-12(18)7-10-19/h6,8,11-12,19H,2-5,7,9-10H2,1H3,(H,16,20). The number of nitrogens with zero attached hydrogens (tertiary/aromatic N) is 2. The molecule has 5 heteroatoms. The number of carbonyl (C=O) groups excluding carboxylic acids is 1. The van der Waals surface area contributed by atoms with Gasteiger partial charge >= 0.3 is 0 Å². The molecule has 1 unspecified atom stereocenters. The van der Waals surface area contributed by atoms with Gasteiger partial charge in [0, 0.05) is 37.6 Å². The normalized spacial score (nSPS) is 18.9. The molecule has 0 radical (unpaired) electrons. The molecule has 0 aromatic carbocycles. The Labute approximate surface area is 120 Å². The van der Waals surface area contributed by atoms with Crippen molar-refractivity contribution in [3.8, 4) is 0 Å². The minimum atomic E-state index is -0.134. The van der Waals surface area contributed by atoms with Gasteiger partial charge in [-0.05, 0) is 44.7 Å². The molecule has 1 aromatic rings. The van der Waals surface area contributed by atoms with Gasteiger partial charge in [-0.25, -0.2) is 0 Å². The zero-order valence-corrected chi connectivity index (χ0v) is 12.0. The number of hydrogen-bond donors (Lipinski definition) is 2. The van der Waals surface area contributed by atoms with Crippen LogP contribution in [0.4, 0.5) is 5.69 Å². The van der Waals surface area contributed by atoms with E-state index < -0.39 is 0 Å². The minimum absolute atomic E-state index is 0.134. The van der Waals surface area contributed by atoms with Crippen molar-refractivity contribution in [1.29, 1.82) is 0 Å². The quantitative estimate of drug-likeness (QED) is 0.857. The number of pyridine rings is 1. The lowest BCUT2D eigenvalue weighted by Crippen LogP contribution is -2.40. The number of anilines is 1. The van der Waals surface area contributed by atoms with Gasteiger partial charge < -0.3 is 15.3 Å². The van der Waals surface area contributed by atoms with E-state index in [-0.39, 0.29) is 12.5 Å². The molecule has 2 heterocycles. The summed E-state index contributed by atoms with van der Waals surface area (Å²) in [6, 6.07) is 4.15. The third kappa shape index (κ3) is 3.48. The van der Waals surface area contributed by atoms with Crippen LogP contribution < -0.4 is 10.2 Å². The van der Waals surface area contributed by atoms with Gasteiger partial charge in [-0.15, -0.1) is 0 Å². The highest BCUT2D eigenvalue weighted by Crippen LogP contribution is 2.26. The second-order valence-electron chi connectivity index (χ2n) is 5.11. The maximum atomic E-state index is 11.9. The molecule has 1 fully saturated rings. The molecule has 1 aromatic heterocycles. The number of rotatable bonds is 5. The summed E-state index contributed by atoms with van der Waals surface area (Å²) in [5.41, 5.74) is 1.48. The largest absolute Gasteiger partial charge is 0.396 e. The smallest absolute Gasteiger partial charge is 0.269 e. The summed E-state index contributed by atoms with van der Waals surface area (Å²) in [5, 5.41) is 12.0. The van der Waals surface area contributed by atoms with E-state index in [0.717, 1.165) is 31.5 Å². The van der Waals surface area contributed by atoms with Gasteiger partial charge in [0.25, 0.3) is 5.91 Å². The molecule has 1 aliphatic heterocycles. The van der Waals surface area contributed by atoms with E-state index >= 15 is 0 Å². The van der Waals surface area contributed by atoms with E-state index in [0.29, 0.717) is 18.3 Å². The van der Waals surface area contributed by atoms with Gasteiger partial charge in [0.1, 0.15) is 5.69 Å². The lowest BCUT2D eigenvalue weighted by Gasteiger charge is -2.37. The van der Waals surface area contributed by atoms with Crippen molar-refractivity contribution in [2.45, 2.75) is 38.6 Å². The SMILES string of the molecule is CCNC(=O)c1cc(N2CCCCC2CCO)ccn1. The fourth-order valence-corrected chi connectivity index (χ4v) is 2.76. The molecule has 2 rings (SSSR count). The van der Waals surface area contributed by atoms with Gasteiger partial charge in [0.2, 0.25) is 0 Å². The number of piperidine rings is 1. The molecule has 20 heavy (non-hydrogen) atoms. The third-order valence-corrected chi connectivity index (χ3v) is 3.73. The highest BCUT2D eigenvalue weighted by atomic mass is 16.3. The van der Waals surface area contributed by atoms with E-state index in [1.54, 1.807) is 6.20 Å². The molecule has 0 saturated carbocycles. The Kier molecular flexibility index (Phi) is 5.35. The molecule has 0 spiro atoms. The Morgan fingerprint density at radius 3 is 3.15 bits per heavy atom. The molecule has 1 saturated heterocycles. The van der Waals surface area contributed by atoms with E-state index in [1.165, 1.54) is 6.42 Å². The van der Waals surface area contributed by atoms with Crippen LogP contribution in [0.15, 0.2) is 18.3 Å². The first-order valence-electron chi connectivity index (χ1n) is 7.38. The number of hydrogen-bond acceptors (Lipinski definition) is 4. The molecule has 110 valence electrons. The molecule has 2 N–H and O–H groups in total. The monoisotopic (exact) mass is 277 g/mol. The maximum absolute atomic E-state index is 11.9. The first kappa shape index (κ1) is 14.8. The number of aliphatic hydroxyl groups excluding tert-OH is 1. The van der Waals surface area contributed by atoms with Gasteiger partial charge in [-0.1, -0.05) is 0 Å². The minimum Gasteiger partial charge on any atom is -0.396 e. The molecular formula is C15H23N3O2. The zero-order valence-electron chi connectivity index (χ0n) is 12.0. The van der Waals surface area contributed by atoms with Gasteiger partial charge in [0.15, 0.2) is 0 Å². The average Bonchev–Trinajstić information content (AvgIpc) is 2.48. The summed E-state index contributed by atoms with van der Waals surface area (Å²) < 4.78 is 0. The van der Waals surface area contributed by atoms with Crippen LogP contribution in [0.1, 0.15) is 43.1 Å². The van der Waals surface area contributed by atoms with Crippen molar-refractivity contribution in [3.05, 3.63) is 24.0 Å². The van der Waals surface area contributed by atoms with E-state index in [4.69, 9.17) is 0 Å². The predicted molar refractivity (Wildman–Crippen MR) is 78.9 cm³/mol. The summed E-state index contributed by atoms with van der Waals surface area (Å²) in [5.74, 6) is -0.134. The van der Waals surface area contributed by atoms with Crippen molar-refractivity contribution in [2.75, 3.05) is 24.6 Å². The van der Waals surface area contributed by atoms with Crippen molar-refractivity contribution in [3.63, 3.8) is 0 Å². The molecule has 5 nitrogen and oxygen atoms in total. The lowest BCUT2D eigenvalue weighted by atomic mass is 9.99. The Morgan fingerprint density at radius 2 is 2.40 bits per heavy atom.